The Morgan fingerprint density at radius 2 is 1.65 bits per heavy atom. The number of aromatic nitrogens is 1. The molecule has 0 atom stereocenters. The first-order valence-electron chi connectivity index (χ1n) is 8.16. The lowest BCUT2D eigenvalue weighted by atomic mass is 10.1. The molecule has 4 rings (SSSR count). The second-order valence-corrected chi connectivity index (χ2v) is 7.23. The molecule has 0 saturated carbocycles. The number of rotatable bonds is 4. The number of anilines is 1. The number of benzene rings is 3. The molecule has 1 amide bonds. The van der Waals surface area contributed by atoms with Gasteiger partial charge >= 0.3 is 0 Å². The van der Waals surface area contributed by atoms with Crippen molar-refractivity contribution in [1.82, 2.24) is 4.98 Å². The molecule has 3 aromatic carbocycles. The molecule has 3 nitrogen and oxygen atoms in total. The average Bonchev–Trinajstić information content (AvgIpc) is 2.66. The van der Waals surface area contributed by atoms with E-state index in [1.165, 1.54) is 11.8 Å². The van der Waals surface area contributed by atoms with Crippen molar-refractivity contribution in [2.75, 3.05) is 11.1 Å². The summed E-state index contributed by atoms with van der Waals surface area (Å²) in [4.78, 5) is 17.1. The highest BCUT2D eigenvalue weighted by atomic mass is 35.5. The van der Waals surface area contributed by atoms with Gasteiger partial charge < -0.3 is 5.32 Å². The average molecular weight is 379 g/mol. The fourth-order valence-electron chi connectivity index (χ4n) is 2.88. The van der Waals surface area contributed by atoms with Gasteiger partial charge in [-0.05, 0) is 29.7 Å². The van der Waals surface area contributed by atoms with Crippen LogP contribution in [0.25, 0.3) is 21.7 Å². The standard InChI is InChI=1S/C21H15ClN2OS/c22-14-6-5-7-15(12-14)23-20(25)13-26-21-18-10-2-1-8-16(18)17-9-3-4-11-19(17)24-21/h1-12H,13H2,(H,23,25). The Morgan fingerprint density at radius 3 is 2.46 bits per heavy atom. The van der Waals surface area contributed by atoms with E-state index in [0.717, 1.165) is 26.7 Å². The van der Waals surface area contributed by atoms with Crippen LogP contribution in [0.1, 0.15) is 0 Å². The third-order valence-corrected chi connectivity index (χ3v) is 5.25. The van der Waals surface area contributed by atoms with Crippen LogP contribution in [-0.4, -0.2) is 16.6 Å². The monoisotopic (exact) mass is 378 g/mol. The summed E-state index contributed by atoms with van der Waals surface area (Å²) in [5, 5.41) is 7.65. The molecule has 0 saturated heterocycles. The van der Waals surface area contributed by atoms with E-state index in [1.54, 1.807) is 12.1 Å². The van der Waals surface area contributed by atoms with Gasteiger partial charge in [-0.25, -0.2) is 4.98 Å². The van der Waals surface area contributed by atoms with E-state index in [9.17, 15) is 4.79 Å². The van der Waals surface area contributed by atoms with Crippen molar-refractivity contribution in [2.24, 2.45) is 0 Å². The molecule has 0 aliphatic heterocycles. The third kappa shape index (κ3) is 3.52. The van der Waals surface area contributed by atoms with Gasteiger partial charge in [0, 0.05) is 21.5 Å². The molecule has 0 bridgehead atoms. The first kappa shape index (κ1) is 16.9. The van der Waals surface area contributed by atoms with E-state index in [1.807, 2.05) is 48.5 Å². The van der Waals surface area contributed by atoms with E-state index >= 15 is 0 Å². The van der Waals surface area contributed by atoms with Crippen molar-refractivity contribution in [3.05, 3.63) is 77.8 Å². The van der Waals surface area contributed by atoms with E-state index in [2.05, 4.69) is 17.4 Å². The molecule has 1 N–H and O–H groups in total. The quantitative estimate of drug-likeness (QED) is 0.362. The zero-order valence-electron chi connectivity index (χ0n) is 13.8. The summed E-state index contributed by atoms with van der Waals surface area (Å²) in [5.41, 5.74) is 1.63. The number of nitrogens with one attached hydrogen (secondary N) is 1. The number of pyridine rings is 1. The number of thioether (sulfide) groups is 1. The highest BCUT2D eigenvalue weighted by Crippen LogP contribution is 2.31. The van der Waals surface area contributed by atoms with Crippen LogP contribution in [0.5, 0.6) is 0 Å². The van der Waals surface area contributed by atoms with Gasteiger partial charge in [-0.1, -0.05) is 71.9 Å². The maximum absolute atomic E-state index is 12.3. The molecule has 0 radical (unpaired) electrons. The van der Waals surface area contributed by atoms with Crippen LogP contribution in [0.4, 0.5) is 5.69 Å². The fraction of sp³-hybridized carbons (Fsp3) is 0.0476. The lowest BCUT2D eigenvalue weighted by molar-refractivity contribution is -0.113. The number of para-hydroxylation sites is 1. The second-order valence-electron chi connectivity index (χ2n) is 5.83. The Balaban J connectivity index is 1.59. The summed E-state index contributed by atoms with van der Waals surface area (Å²) >= 11 is 7.40. The predicted octanol–water partition coefficient (Wildman–Crippen LogP) is 5.77. The van der Waals surface area contributed by atoms with E-state index in [-0.39, 0.29) is 11.7 Å². The topological polar surface area (TPSA) is 42.0 Å². The Kier molecular flexibility index (Phi) is 4.78. The van der Waals surface area contributed by atoms with Crippen LogP contribution < -0.4 is 5.32 Å². The molecular formula is C21H15ClN2OS. The van der Waals surface area contributed by atoms with Crippen molar-refractivity contribution in [3.63, 3.8) is 0 Å². The third-order valence-electron chi connectivity index (χ3n) is 4.02. The van der Waals surface area contributed by atoms with E-state index in [4.69, 9.17) is 16.6 Å². The molecule has 1 aromatic heterocycles. The van der Waals surface area contributed by atoms with Crippen molar-refractivity contribution < 1.29 is 4.79 Å². The summed E-state index contributed by atoms with van der Waals surface area (Å²) in [6.07, 6.45) is 0. The number of hydrogen-bond donors (Lipinski definition) is 1. The van der Waals surface area contributed by atoms with Gasteiger partial charge in [-0.2, -0.15) is 0 Å². The van der Waals surface area contributed by atoms with Gasteiger partial charge in [-0.15, -0.1) is 0 Å². The van der Waals surface area contributed by atoms with Crippen molar-refractivity contribution in [2.45, 2.75) is 5.03 Å². The number of carbonyl (C=O) groups excluding carboxylic acids is 1. The lowest BCUT2D eigenvalue weighted by Gasteiger charge is -2.09. The highest BCUT2D eigenvalue weighted by molar-refractivity contribution is 8.00. The van der Waals surface area contributed by atoms with Crippen LogP contribution in [0.2, 0.25) is 5.02 Å². The van der Waals surface area contributed by atoms with Gasteiger partial charge in [0.05, 0.1) is 11.3 Å². The highest BCUT2D eigenvalue weighted by Gasteiger charge is 2.11. The molecule has 0 fully saturated rings. The Labute approximate surface area is 160 Å². The predicted molar refractivity (Wildman–Crippen MR) is 110 cm³/mol. The van der Waals surface area contributed by atoms with Crippen LogP contribution in [0, 0.1) is 0 Å². The first-order valence-corrected chi connectivity index (χ1v) is 9.53. The second kappa shape index (κ2) is 7.36. The number of carbonyl (C=O) groups is 1. The number of nitrogens with zero attached hydrogens (tertiary/aromatic N) is 1. The molecule has 0 aliphatic rings. The normalized spacial score (nSPS) is 11.0. The molecule has 128 valence electrons. The Hall–Kier alpha value is -2.56. The van der Waals surface area contributed by atoms with Gasteiger partial charge in [0.1, 0.15) is 5.03 Å². The molecule has 1 heterocycles. The van der Waals surface area contributed by atoms with Gasteiger partial charge in [0.15, 0.2) is 0 Å². The Morgan fingerprint density at radius 1 is 0.923 bits per heavy atom. The molecule has 0 spiro atoms. The molecule has 5 heteroatoms. The number of halogens is 1. The van der Waals surface area contributed by atoms with Crippen molar-refractivity contribution in [1.29, 1.82) is 0 Å². The number of hydrogen-bond acceptors (Lipinski definition) is 3. The first-order chi connectivity index (χ1) is 12.7. The molecule has 0 aliphatic carbocycles. The number of fused-ring (bicyclic) bond motifs is 3. The van der Waals surface area contributed by atoms with Gasteiger partial charge in [0.25, 0.3) is 0 Å². The lowest BCUT2D eigenvalue weighted by Crippen LogP contribution is -2.14. The Bertz CT molecular complexity index is 1110. The summed E-state index contributed by atoms with van der Waals surface area (Å²) in [5.74, 6) is 0.193. The zero-order chi connectivity index (χ0) is 17.9. The van der Waals surface area contributed by atoms with Crippen LogP contribution in [0.15, 0.2) is 77.8 Å². The number of amides is 1. The fourth-order valence-corrected chi connectivity index (χ4v) is 3.91. The van der Waals surface area contributed by atoms with Gasteiger partial charge in [-0.3, -0.25) is 4.79 Å². The molecule has 26 heavy (non-hydrogen) atoms. The van der Waals surface area contributed by atoms with E-state index < -0.39 is 0 Å². The summed E-state index contributed by atoms with van der Waals surface area (Å²) in [7, 11) is 0. The summed E-state index contributed by atoms with van der Waals surface area (Å²) < 4.78 is 0. The minimum atomic E-state index is -0.0868. The minimum Gasteiger partial charge on any atom is -0.325 e. The summed E-state index contributed by atoms with van der Waals surface area (Å²) in [6.45, 7) is 0. The minimum absolute atomic E-state index is 0.0868. The van der Waals surface area contributed by atoms with Crippen molar-refractivity contribution in [3.8, 4) is 0 Å². The van der Waals surface area contributed by atoms with Crippen LogP contribution in [0.3, 0.4) is 0 Å². The van der Waals surface area contributed by atoms with Gasteiger partial charge in [0.2, 0.25) is 5.91 Å². The van der Waals surface area contributed by atoms with Crippen molar-refractivity contribution >= 4 is 56.6 Å². The van der Waals surface area contributed by atoms with Crippen LogP contribution in [-0.2, 0) is 4.79 Å². The molecule has 0 unspecified atom stereocenters. The zero-order valence-corrected chi connectivity index (χ0v) is 15.3. The smallest absolute Gasteiger partial charge is 0.234 e. The maximum Gasteiger partial charge on any atom is 0.234 e. The molecule has 4 aromatic rings. The summed E-state index contributed by atoms with van der Waals surface area (Å²) in [6, 6.07) is 23.4. The maximum atomic E-state index is 12.3. The van der Waals surface area contributed by atoms with Crippen LogP contribution >= 0.6 is 23.4 Å². The van der Waals surface area contributed by atoms with E-state index in [0.29, 0.717) is 10.7 Å². The molecular weight excluding hydrogens is 364 g/mol. The largest absolute Gasteiger partial charge is 0.325 e. The SMILES string of the molecule is O=C(CSc1nc2ccccc2c2ccccc12)Nc1cccc(Cl)c1.